The van der Waals surface area contributed by atoms with Crippen LogP contribution < -0.4 is 5.32 Å². The third-order valence-corrected chi connectivity index (χ3v) is 3.25. The molecule has 0 spiro atoms. The Bertz CT molecular complexity index is 345. The van der Waals surface area contributed by atoms with Crippen LogP contribution in [0.3, 0.4) is 0 Å². The molecule has 1 atom stereocenters. The summed E-state index contributed by atoms with van der Waals surface area (Å²) in [4.78, 5) is 25.0. The fraction of sp³-hybridized carbons (Fsp3) is 0.846. The maximum Gasteiger partial charge on any atom is 0.305 e. The van der Waals surface area contributed by atoms with Gasteiger partial charge in [0.05, 0.1) is 6.42 Å². The summed E-state index contributed by atoms with van der Waals surface area (Å²) in [5.41, 5.74) is -0.296. The molecule has 104 valence electrons. The van der Waals surface area contributed by atoms with Gasteiger partial charge in [0, 0.05) is 18.6 Å². The van der Waals surface area contributed by atoms with Gasteiger partial charge in [0.15, 0.2) is 0 Å². The Morgan fingerprint density at radius 1 is 1.50 bits per heavy atom. The van der Waals surface area contributed by atoms with Crippen LogP contribution in [0, 0.1) is 5.41 Å². The Morgan fingerprint density at radius 2 is 2.06 bits per heavy atom. The fourth-order valence-corrected chi connectivity index (χ4v) is 2.29. The van der Waals surface area contributed by atoms with Crippen LogP contribution in [0.25, 0.3) is 0 Å². The van der Waals surface area contributed by atoms with Gasteiger partial charge < -0.3 is 10.4 Å². The van der Waals surface area contributed by atoms with Crippen LogP contribution in [0.4, 0.5) is 0 Å². The van der Waals surface area contributed by atoms with Gasteiger partial charge in [0.25, 0.3) is 0 Å². The second kappa shape index (κ2) is 4.88. The predicted molar refractivity (Wildman–Crippen MR) is 69.3 cm³/mol. The molecule has 0 bridgehead atoms. The molecule has 1 amide bonds. The van der Waals surface area contributed by atoms with Crippen LogP contribution in [0.5, 0.6) is 0 Å². The van der Waals surface area contributed by atoms with Gasteiger partial charge in [-0.25, -0.2) is 0 Å². The van der Waals surface area contributed by atoms with Crippen molar-refractivity contribution >= 4 is 11.9 Å². The van der Waals surface area contributed by atoms with E-state index in [0.29, 0.717) is 13.1 Å². The van der Waals surface area contributed by atoms with Gasteiger partial charge in [-0.15, -0.1) is 0 Å². The molecule has 5 nitrogen and oxygen atoms in total. The first-order valence-electron chi connectivity index (χ1n) is 6.29. The fourth-order valence-electron chi connectivity index (χ4n) is 2.29. The molecule has 1 aliphatic heterocycles. The SMILES string of the molecule is CC1(C)CNC(=O)C(CC(=O)O)N(C(C)(C)C)C1. The number of nitrogens with one attached hydrogen (secondary N) is 1. The van der Waals surface area contributed by atoms with Crippen LogP contribution in [0.2, 0.25) is 0 Å². The largest absolute Gasteiger partial charge is 0.481 e. The van der Waals surface area contributed by atoms with E-state index in [-0.39, 0.29) is 23.3 Å². The minimum Gasteiger partial charge on any atom is -0.481 e. The molecule has 18 heavy (non-hydrogen) atoms. The lowest BCUT2D eigenvalue weighted by atomic mass is 9.90. The average molecular weight is 256 g/mol. The summed E-state index contributed by atoms with van der Waals surface area (Å²) in [6.07, 6.45) is -0.154. The second-order valence-corrected chi connectivity index (χ2v) is 6.79. The molecule has 2 N–H and O–H groups in total. The van der Waals surface area contributed by atoms with Crippen molar-refractivity contribution in [3.8, 4) is 0 Å². The Kier molecular flexibility index (Phi) is 4.05. The molecular formula is C13H24N2O3. The van der Waals surface area contributed by atoms with Gasteiger partial charge in [-0.3, -0.25) is 14.5 Å². The smallest absolute Gasteiger partial charge is 0.305 e. The van der Waals surface area contributed by atoms with Gasteiger partial charge in [-0.05, 0) is 26.2 Å². The minimum absolute atomic E-state index is 0.0593. The van der Waals surface area contributed by atoms with E-state index in [1.165, 1.54) is 0 Å². The number of hydrogen-bond acceptors (Lipinski definition) is 3. The summed E-state index contributed by atoms with van der Waals surface area (Å²) >= 11 is 0. The molecule has 0 aromatic rings. The van der Waals surface area contributed by atoms with E-state index in [1.54, 1.807) is 0 Å². The summed E-state index contributed by atoms with van der Waals surface area (Å²) in [5.74, 6) is -1.12. The molecule has 1 rings (SSSR count). The van der Waals surface area contributed by atoms with Crippen molar-refractivity contribution in [2.45, 2.75) is 52.6 Å². The van der Waals surface area contributed by atoms with Gasteiger partial charge in [-0.2, -0.15) is 0 Å². The van der Waals surface area contributed by atoms with Crippen LogP contribution in [0.15, 0.2) is 0 Å². The van der Waals surface area contributed by atoms with Crippen LogP contribution in [0.1, 0.15) is 41.0 Å². The van der Waals surface area contributed by atoms with Gasteiger partial charge in [-0.1, -0.05) is 13.8 Å². The highest BCUT2D eigenvalue weighted by Crippen LogP contribution is 2.28. The minimum atomic E-state index is -0.941. The van der Waals surface area contributed by atoms with Crippen molar-refractivity contribution in [1.82, 2.24) is 10.2 Å². The molecule has 0 saturated carbocycles. The molecule has 1 aliphatic rings. The predicted octanol–water partition coefficient (Wildman–Crippen LogP) is 1.09. The maximum atomic E-state index is 12.1. The van der Waals surface area contributed by atoms with E-state index >= 15 is 0 Å². The zero-order valence-corrected chi connectivity index (χ0v) is 11.9. The number of amides is 1. The molecular weight excluding hydrogens is 232 g/mol. The Labute approximate surface area is 109 Å². The Hall–Kier alpha value is -1.10. The normalized spacial score (nSPS) is 25.4. The summed E-state index contributed by atoms with van der Waals surface area (Å²) in [7, 11) is 0. The van der Waals surface area contributed by atoms with Crippen molar-refractivity contribution in [1.29, 1.82) is 0 Å². The van der Waals surface area contributed by atoms with E-state index in [1.807, 2.05) is 25.7 Å². The molecule has 1 heterocycles. The lowest BCUT2D eigenvalue weighted by Crippen LogP contribution is -2.54. The van der Waals surface area contributed by atoms with Gasteiger partial charge >= 0.3 is 5.97 Å². The number of carboxylic acid groups (broad SMARTS) is 1. The Balaban J connectivity index is 3.07. The monoisotopic (exact) mass is 256 g/mol. The molecule has 0 aromatic carbocycles. The number of carbonyl (C=O) groups is 2. The van der Waals surface area contributed by atoms with Crippen LogP contribution in [-0.4, -0.2) is 46.6 Å². The molecule has 0 aromatic heterocycles. The van der Waals surface area contributed by atoms with Crippen molar-refractivity contribution in [2.75, 3.05) is 13.1 Å². The van der Waals surface area contributed by atoms with E-state index < -0.39 is 12.0 Å². The standard InChI is InChI=1S/C13H24N2O3/c1-12(2,3)15-8-13(4,5)7-14-11(18)9(15)6-10(16)17/h9H,6-8H2,1-5H3,(H,14,18)(H,16,17). The molecule has 1 saturated heterocycles. The van der Waals surface area contributed by atoms with Crippen molar-refractivity contribution in [3.63, 3.8) is 0 Å². The third-order valence-electron chi connectivity index (χ3n) is 3.25. The van der Waals surface area contributed by atoms with Crippen LogP contribution >= 0.6 is 0 Å². The number of aliphatic carboxylic acids is 1. The van der Waals surface area contributed by atoms with Gasteiger partial charge in [0.1, 0.15) is 6.04 Å². The highest BCUT2D eigenvalue weighted by Gasteiger charge is 2.41. The van der Waals surface area contributed by atoms with Crippen molar-refractivity contribution in [3.05, 3.63) is 0 Å². The summed E-state index contributed by atoms with van der Waals surface area (Å²) in [6, 6.07) is -0.593. The number of nitrogens with zero attached hydrogens (tertiary/aromatic N) is 1. The van der Waals surface area contributed by atoms with Gasteiger partial charge in [0.2, 0.25) is 5.91 Å². The molecule has 1 unspecified atom stereocenters. The zero-order valence-electron chi connectivity index (χ0n) is 11.9. The van der Waals surface area contributed by atoms with Crippen molar-refractivity contribution in [2.24, 2.45) is 5.41 Å². The first-order chi connectivity index (χ1) is 8.03. The third kappa shape index (κ3) is 3.70. The summed E-state index contributed by atoms with van der Waals surface area (Å²) in [5, 5.41) is 11.8. The van der Waals surface area contributed by atoms with E-state index in [0.717, 1.165) is 0 Å². The number of hydrogen-bond donors (Lipinski definition) is 2. The maximum absolute atomic E-state index is 12.1. The number of carbonyl (C=O) groups excluding carboxylic acids is 1. The van der Waals surface area contributed by atoms with E-state index in [9.17, 15) is 9.59 Å². The quantitative estimate of drug-likeness (QED) is 0.776. The lowest BCUT2D eigenvalue weighted by molar-refractivity contribution is -0.143. The Morgan fingerprint density at radius 3 is 2.50 bits per heavy atom. The topological polar surface area (TPSA) is 69.6 Å². The van der Waals surface area contributed by atoms with Crippen LogP contribution in [-0.2, 0) is 9.59 Å². The van der Waals surface area contributed by atoms with E-state index in [2.05, 4.69) is 19.2 Å². The molecule has 5 heteroatoms. The lowest BCUT2D eigenvalue weighted by Gasteiger charge is -2.41. The summed E-state index contributed by atoms with van der Waals surface area (Å²) < 4.78 is 0. The first kappa shape index (κ1) is 15.0. The first-order valence-corrected chi connectivity index (χ1v) is 6.29. The highest BCUT2D eigenvalue weighted by molar-refractivity contribution is 5.86. The molecule has 1 fully saturated rings. The second-order valence-electron chi connectivity index (χ2n) is 6.79. The summed E-state index contributed by atoms with van der Waals surface area (Å²) in [6.45, 7) is 11.5. The zero-order chi connectivity index (χ0) is 14.1. The number of rotatable bonds is 2. The molecule has 0 radical (unpaired) electrons. The average Bonchev–Trinajstić information content (AvgIpc) is 2.27. The number of carboxylic acids is 1. The molecule has 0 aliphatic carbocycles. The van der Waals surface area contributed by atoms with E-state index in [4.69, 9.17) is 5.11 Å². The highest BCUT2D eigenvalue weighted by atomic mass is 16.4. The van der Waals surface area contributed by atoms with Crippen molar-refractivity contribution < 1.29 is 14.7 Å².